The maximum Gasteiger partial charge on any atom is 0.133 e. The average Bonchev–Trinajstić information content (AvgIpc) is 2.97. The van der Waals surface area contributed by atoms with Crippen molar-refractivity contribution in [2.45, 2.75) is 50.3 Å². The number of aryl methyl sites for hydroxylation is 2. The standard InChI is InChI=1S/C17H20O.C10H13Br.C7H7BrO/c1-14(12-13-15-8-4-3-5-9-15)16-10-6-7-11-17(16)18-2;1-9(11)7-8-10-5-3-2-4-6-10;1-9-7-5-3-2-4-6(7)8/h3-11,14H,12-13H2,1-2H3;2-6,9H,7-8H2,1H3;2-5H,1H3. The van der Waals surface area contributed by atoms with E-state index in [1.807, 2.05) is 36.4 Å². The fraction of sp³-hybridized carbons (Fsp3) is 0.294. The van der Waals surface area contributed by atoms with Crippen LogP contribution in [0.5, 0.6) is 11.5 Å². The molecule has 0 saturated heterocycles. The molecule has 2 atom stereocenters. The highest BCUT2D eigenvalue weighted by molar-refractivity contribution is 9.10. The van der Waals surface area contributed by atoms with E-state index < -0.39 is 0 Å². The van der Waals surface area contributed by atoms with E-state index in [1.54, 1.807) is 14.2 Å². The lowest BCUT2D eigenvalue weighted by Gasteiger charge is -2.15. The molecule has 0 heterocycles. The molecule has 0 aliphatic carbocycles. The highest BCUT2D eigenvalue weighted by atomic mass is 79.9. The monoisotopic (exact) mass is 638 g/mol. The van der Waals surface area contributed by atoms with Crippen molar-refractivity contribution >= 4 is 31.9 Å². The number of hydrogen-bond donors (Lipinski definition) is 0. The van der Waals surface area contributed by atoms with Crippen LogP contribution >= 0.6 is 31.9 Å². The molecule has 0 amide bonds. The lowest BCUT2D eigenvalue weighted by Crippen LogP contribution is -1.99. The van der Waals surface area contributed by atoms with Crippen molar-refractivity contribution in [1.29, 1.82) is 0 Å². The van der Waals surface area contributed by atoms with E-state index in [2.05, 4.69) is 119 Å². The Hall–Kier alpha value is -2.56. The van der Waals surface area contributed by atoms with Gasteiger partial charge in [0.1, 0.15) is 11.5 Å². The Morgan fingerprint density at radius 1 is 0.579 bits per heavy atom. The van der Waals surface area contributed by atoms with Crippen molar-refractivity contribution in [2.75, 3.05) is 14.2 Å². The van der Waals surface area contributed by atoms with Crippen molar-refractivity contribution < 1.29 is 9.47 Å². The lowest BCUT2D eigenvalue weighted by molar-refractivity contribution is 0.405. The minimum absolute atomic E-state index is 0.515. The Morgan fingerprint density at radius 2 is 1.03 bits per heavy atom. The summed E-state index contributed by atoms with van der Waals surface area (Å²) >= 11 is 6.86. The van der Waals surface area contributed by atoms with Crippen LogP contribution in [0, 0.1) is 0 Å². The van der Waals surface area contributed by atoms with Crippen LogP contribution in [0.2, 0.25) is 0 Å². The third kappa shape index (κ3) is 12.3. The van der Waals surface area contributed by atoms with Crippen LogP contribution in [0.4, 0.5) is 0 Å². The maximum atomic E-state index is 5.42. The van der Waals surface area contributed by atoms with E-state index in [1.165, 1.54) is 29.5 Å². The van der Waals surface area contributed by atoms with Crippen molar-refractivity contribution in [1.82, 2.24) is 0 Å². The minimum atomic E-state index is 0.515. The molecular formula is C34H40Br2O2. The Labute approximate surface area is 246 Å². The van der Waals surface area contributed by atoms with Crippen LogP contribution in [-0.2, 0) is 12.8 Å². The van der Waals surface area contributed by atoms with Crippen LogP contribution in [0.25, 0.3) is 0 Å². The molecule has 0 saturated carbocycles. The van der Waals surface area contributed by atoms with Crippen LogP contribution in [0.15, 0.2) is 114 Å². The second-order valence-corrected chi connectivity index (χ2v) is 11.5. The number of benzene rings is 4. The quantitative estimate of drug-likeness (QED) is 0.170. The smallest absolute Gasteiger partial charge is 0.133 e. The predicted octanol–water partition coefficient (Wildman–Crippen LogP) is 10.3. The summed E-state index contributed by atoms with van der Waals surface area (Å²) in [5, 5.41) is 0. The SMILES string of the molecule is CC(Br)CCc1ccccc1.COc1ccccc1Br.COc1ccccc1C(C)CCc1ccccc1. The topological polar surface area (TPSA) is 18.5 Å². The number of rotatable bonds is 9. The van der Waals surface area contributed by atoms with Gasteiger partial charge in [-0.2, -0.15) is 0 Å². The molecule has 4 aromatic rings. The molecule has 4 rings (SSSR count). The second-order valence-electron chi connectivity index (χ2n) is 9.11. The zero-order valence-corrected chi connectivity index (χ0v) is 26.1. The van der Waals surface area contributed by atoms with Gasteiger partial charge in [0, 0.05) is 4.83 Å². The Morgan fingerprint density at radius 3 is 1.50 bits per heavy atom. The molecule has 0 fully saturated rings. The zero-order chi connectivity index (χ0) is 27.6. The van der Waals surface area contributed by atoms with E-state index in [0.717, 1.165) is 28.8 Å². The van der Waals surface area contributed by atoms with E-state index in [9.17, 15) is 0 Å². The molecule has 0 bridgehead atoms. The number of halogens is 2. The van der Waals surface area contributed by atoms with Crippen molar-refractivity contribution in [3.05, 3.63) is 130 Å². The summed E-state index contributed by atoms with van der Waals surface area (Å²) in [6.07, 6.45) is 4.64. The summed E-state index contributed by atoms with van der Waals surface area (Å²) in [6, 6.07) is 37.3. The van der Waals surface area contributed by atoms with Crippen LogP contribution in [0.1, 0.15) is 49.3 Å². The molecular weight excluding hydrogens is 600 g/mol. The largest absolute Gasteiger partial charge is 0.496 e. The molecule has 2 nitrogen and oxygen atoms in total. The number of hydrogen-bond acceptors (Lipinski definition) is 2. The normalized spacial score (nSPS) is 11.6. The summed E-state index contributed by atoms with van der Waals surface area (Å²) < 4.78 is 11.4. The third-order valence-corrected chi connectivity index (χ3v) is 7.22. The van der Waals surface area contributed by atoms with E-state index in [-0.39, 0.29) is 0 Å². The maximum absolute atomic E-state index is 5.42. The van der Waals surface area contributed by atoms with Crippen LogP contribution < -0.4 is 9.47 Å². The molecule has 0 N–H and O–H groups in total. The number of para-hydroxylation sites is 2. The van der Waals surface area contributed by atoms with E-state index >= 15 is 0 Å². The summed E-state index contributed by atoms with van der Waals surface area (Å²) in [5.41, 5.74) is 4.13. The third-order valence-electron chi connectivity index (χ3n) is 6.11. The first kappa shape index (κ1) is 31.7. The number of ether oxygens (including phenoxy) is 2. The molecule has 0 radical (unpaired) electrons. The molecule has 0 aliphatic heterocycles. The van der Waals surface area contributed by atoms with Gasteiger partial charge in [0.15, 0.2) is 0 Å². The van der Waals surface area contributed by atoms with Gasteiger partial charge >= 0.3 is 0 Å². The predicted molar refractivity (Wildman–Crippen MR) is 170 cm³/mol. The summed E-state index contributed by atoms with van der Waals surface area (Å²) in [4.78, 5) is 0.628. The van der Waals surface area contributed by atoms with Crippen molar-refractivity contribution in [3.8, 4) is 11.5 Å². The molecule has 2 unspecified atom stereocenters. The molecule has 0 spiro atoms. The van der Waals surface area contributed by atoms with Crippen LogP contribution in [0.3, 0.4) is 0 Å². The van der Waals surface area contributed by atoms with Gasteiger partial charge < -0.3 is 9.47 Å². The van der Waals surface area contributed by atoms with Gasteiger partial charge in [-0.15, -0.1) is 0 Å². The Kier molecular flexibility index (Phi) is 15.5. The lowest BCUT2D eigenvalue weighted by atomic mass is 9.93. The fourth-order valence-corrected chi connectivity index (χ4v) is 4.55. The number of alkyl halides is 1. The molecule has 0 aromatic heterocycles. The zero-order valence-electron chi connectivity index (χ0n) is 22.9. The second kappa shape index (κ2) is 18.7. The van der Waals surface area contributed by atoms with Gasteiger partial charge in [-0.1, -0.05) is 121 Å². The molecule has 4 aromatic carbocycles. The molecule has 4 heteroatoms. The fourth-order valence-electron chi connectivity index (χ4n) is 3.88. The summed E-state index contributed by atoms with van der Waals surface area (Å²) in [5.74, 6) is 2.39. The van der Waals surface area contributed by atoms with Crippen molar-refractivity contribution in [3.63, 3.8) is 0 Å². The van der Waals surface area contributed by atoms with E-state index in [4.69, 9.17) is 9.47 Å². The summed E-state index contributed by atoms with van der Waals surface area (Å²) in [7, 11) is 3.39. The first-order valence-electron chi connectivity index (χ1n) is 13.1. The molecule has 202 valence electrons. The van der Waals surface area contributed by atoms with Gasteiger partial charge in [0.25, 0.3) is 0 Å². The van der Waals surface area contributed by atoms with Gasteiger partial charge in [-0.3, -0.25) is 0 Å². The first-order valence-corrected chi connectivity index (χ1v) is 14.8. The number of methoxy groups -OCH3 is 2. The molecule has 0 aliphatic rings. The van der Waals surface area contributed by atoms with E-state index in [0.29, 0.717) is 10.7 Å². The minimum Gasteiger partial charge on any atom is -0.496 e. The van der Waals surface area contributed by atoms with Gasteiger partial charge in [-0.05, 0) is 82.4 Å². The summed E-state index contributed by atoms with van der Waals surface area (Å²) in [6.45, 7) is 4.45. The first-order chi connectivity index (χ1) is 18.4. The highest BCUT2D eigenvalue weighted by Crippen LogP contribution is 2.29. The van der Waals surface area contributed by atoms with Gasteiger partial charge in [-0.25, -0.2) is 0 Å². The molecule has 38 heavy (non-hydrogen) atoms. The average molecular weight is 640 g/mol. The van der Waals surface area contributed by atoms with Crippen LogP contribution in [-0.4, -0.2) is 19.0 Å². The van der Waals surface area contributed by atoms with Gasteiger partial charge in [0.05, 0.1) is 18.7 Å². The van der Waals surface area contributed by atoms with Crippen molar-refractivity contribution in [2.24, 2.45) is 0 Å². The van der Waals surface area contributed by atoms with Gasteiger partial charge in [0.2, 0.25) is 0 Å². The Balaban J connectivity index is 0.000000217. The highest BCUT2D eigenvalue weighted by Gasteiger charge is 2.10. The Bertz CT molecular complexity index is 1150.